The van der Waals surface area contributed by atoms with E-state index in [1.54, 1.807) is 4.90 Å². The normalized spacial score (nSPS) is 21.5. The number of hydrogen-bond acceptors (Lipinski definition) is 4. The SMILES string of the molecule is CN1CCC(Oc2cccc3c2CCN(C(=O)OC(C)(C)C)C3)C1. The third kappa shape index (κ3) is 4.01. The molecule has 0 aromatic heterocycles. The van der Waals surface area contributed by atoms with Crippen LogP contribution in [0.1, 0.15) is 38.3 Å². The molecule has 0 N–H and O–H groups in total. The molecular formula is C19H28N2O3. The Bertz CT molecular complexity index is 609. The van der Waals surface area contributed by atoms with Gasteiger partial charge in [0.2, 0.25) is 0 Å². The van der Waals surface area contributed by atoms with Gasteiger partial charge in [0.25, 0.3) is 0 Å². The lowest BCUT2D eigenvalue weighted by Gasteiger charge is -2.32. The second kappa shape index (κ2) is 6.63. The second-order valence-electron chi connectivity index (χ2n) is 7.84. The van der Waals surface area contributed by atoms with Crippen LogP contribution in [0.25, 0.3) is 0 Å². The first-order valence-electron chi connectivity index (χ1n) is 8.76. The molecule has 1 amide bonds. The lowest BCUT2D eigenvalue weighted by Crippen LogP contribution is -2.40. The zero-order valence-electron chi connectivity index (χ0n) is 15.2. The maximum atomic E-state index is 12.3. The quantitative estimate of drug-likeness (QED) is 0.835. The van der Waals surface area contributed by atoms with E-state index in [-0.39, 0.29) is 12.2 Å². The van der Waals surface area contributed by atoms with Gasteiger partial charge in [-0.1, -0.05) is 12.1 Å². The summed E-state index contributed by atoms with van der Waals surface area (Å²) in [6.07, 6.45) is 1.92. The predicted molar refractivity (Wildman–Crippen MR) is 93.3 cm³/mol. The van der Waals surface area contributed by atoms with E-state index in [1.807, 2.05) is 26.8 Å². The molecule has 2 aliphatic rings. The number of ether oxygens (including phenoxy) is 2. The molecule has 1 atom stereocenters. The van der Waals surface area contributed by atoms with E-state index in [4.69, 9.17) is 9.47 Å². The Labute approximate surface area is 144 Å². The number of fused-ring (bicyclic) bond motifs is 1. The molecule has 24 heavy (non-hydrogen) atoms. The van der Waals surface area contributed by atoms with Gasteiger partial charge in [0.05, 0.1) is 0 Å². The van der Waals surface area contributed by atoms with Crippen LogP contribution in [0.2, 0.25) is 0 Å². The fourth-order valence-electron chi connectivity index (χ4n) is 3.34. The molecule has 5 heteroatoms. The number of nitrogens with zero attached hydrogens (tertiary/aromatic N) is 2. The summed E-state index contributed by atoms with van der Waals surface area (Å²) in [6.45, 7) is 9.02. The number of benzene rings is 1. The monoisotopic (exact) mass is 332 g/mol. The largest absolute Gasteiger partial charge is 0.489 e. The molecule has 0 saturated carbocycles. The molecule has 1 fully saturated rings. The van der Waals surface area contributed by atoms with Gasteiger partial charge in [-0.05, 0) is 52.3 Å². The van der Waals surface area contributed by atoms with Crippen LogP contribution in [0, 0.1) is 0 Å². The lowest BCUT2D eigenvalue weighted by atomic mass is 9.99. The van der Waals surface area contributed by atoms with Crippen LogP contribution in [-0.4, -0.2) is 54.3 Å². The molecule has 0 radical (unpaired) electrons. The van der Waals surface area contributed by atoms with Crippen molar-refractivity contribution in [2.45, 2.75) is 51.9 Å². The molecule has 1 aromatic rings. The third-order valence-corrected chi connectivity index (χ3v) is 4.52. The van der Waals surface area contributed by atoms with E-state index in [0.29, 0.717) is 13.1 Å². The van der Waals surface area contributed by atoms with Crippen LogP contribution < -0.4 is 4.74 Å². The van der Waals surface area contributed by atoms with E-state index < -0.39 is 5.60 Å². The third-order valence-electron chi connectivity index (χ3n) is 4.52. The van der Waals surface area contributed by atoms with Gasteiger partial charge in [-0.25, -0.2) is 4.79 Å². The van der Waals surface area contributed by atoms with Crippen LogP contribution in [0.15, 0.2) is 18.2 Å². The van der Waals surface area contributed by atoms with Crippen molar-refractivity contribution >= 4 is 6.09 Å². The minimum atomic E-state index is -0.461. The second-order valence-corrected chi connectivity index (χ2v) is 7.84. The van der Waals surface area contributed by atoms with Crippen molar-refractivity contribution in [3.05, 3.63) is 29.3 Å². The summed E-state index contributed by atoms with van der Waals surface area (Å²) >= 11 is 0. The van der Waals surface area contributed by atoms with Gasteiger partial charge in [0.1, 0.15) is 17.5 Å². The molecule has 3 rings (SSSR count). The molecule has 5 nitrogen and oxygen atoms in total. The van der Waals surface area contributed by atoms with Crippen LogP contribution in [-0.2, 0) is 17.7 Å². The van der Waals surface area contributed by atoms with E-state index in [2.05, 4.69) is 24.1 Å². The highest BCUT2D eigenvalue weighted by atomic mass is 16.6. The average Bonchev–Trinajstić information content (AvgIpc) is 2.90. The van der Waals surface area contributed by atoms with Crippen molar-refractivity contribution in [3.63, 3.8) is 0 Å². The number of carbonyl (C=O) groups is 1. The Kier molecular flexibility index (Phi) is 4.72. The molecular weight excluding hydrogens is 304 g/mol. The van der Waals surface area contributed by atoms with E-state index in [9.17, 15) is 4.79 Å². The molecule has 0 bridgehead atoms. The highest BCUT2D eigenvalue weighted by Crippen LogP contribution is 2.30. The van der Waals surface area contributed by atoms with Gasteiger partial charge >= 0.3 is 6.09 Å². The van der Waals surface area contributed by atoms with Crippen LogP contribution in [0.3, 0.4) is 0 Å². The van der Waals surface area contributed by atoms with Gasteiger partial charge in [0, 0.05) is 31.7 Å². The smallest absolute Gasteiger partial charge is 0.410 e. The minimum Gasteiger partial charge on any atom is -0.489 e. The van der Waals surface area contributed by atoms with E-state index >= 15 is 0 Å². The summed E-state index contributed by atoms with van der Waals surface area (Å²) in [6, 6.07) is 6.16. The minimum absolute atomic E-state index is 0.239. The molecule has 0 aliphatic carbocycles. The highest BCUT2D eigenvalue weighted by molar-refractivity contribution is 5.69. The fraction of sp³-hybridized carbons (Fsp3) is 0.632. The Morgan fingerprint density at radius 2 is 2.04 bits per heavy atom. The fourth-order valence-corrected chi connectivity index (χ4v) is 3.34. The number of carbonyl (C=O) groups excluding carboxylic acids is 1. The first kappa shape index (κ1) is 17.1. The van der Waals surface area contributed by atoms with Gasteiger partial charge in [-0.2, -0.15) is 0 Å². The Morgan fingerprint density at radius 1 is 1.25 bits per heavy atom. The Balaban J connectivity index is 1.69. The molecule has 132 valence electrons. The van der Waals surface area contributed by atoms with Gasteiger partial charge in [-0.15, -0.1) is 0 Å². The van der Waals surface area contributed by atoms with Gasteiger partial charge < -0.3 is 19.3 Å². The molecule has 1 unspecified atom stereocenters. The Morgan fingerprint density at radius 3 is 2.71 bits per heavy atom. The van der Waals surface area contributed by atoms with Gasteiger partial charge in [0.15, 0.2) is 0 Å². The van der Waals surface area contributed by atoms with Crippen molar-refractivity contribution in [1.82, 2.24) is 9.80 Å². The summed E-state index contributed by atoms with van der Waals surface area (Å²) in [7, 11) is 2.13. The molecule has 0 spiro atoms. The van der Waals surface area contributed by atoms with Crippen LogP contribution in [0.5, 0.6) is 5.75 Å². The van der Waals surface area contributed by atoms with Crippen LogP contribution in [0.4, 0.5) is 4.79 Å². The number of likely N-dealkylation sites (N-methyl/N-ethyl adjacent to an activating group) is 1. The van der Waals surface area contributed by atoms with E-state index in [1.165, 1.54) is 5.56 Å². The van der Waals surface area contributed by atoms with Crippen molar-refractivity contribution in [1.29, 1.82) is 0 Å². The zero-order chi connectivity index (χ0) is 17.3. The molecule has 1 saturated heterocycles. The standard InChI is InChI=1S/C19H28N2O3/c1-19(2,3)24-18(22)21-11-9-16-14(12-21)6-5-7-17(16)23-15-8-10-20(4)13-15/h5-7,15H,8-13H2,1-4H3. The summed E-state index contributed by atoms with van der Waals surface area (Å²) in [4.78, 5) is 16.4. The van der Waals surface area contributed by atoms with E-state index in [0.717, 1.165) is 37.2 Å². The first-order chi connectivity index (χ1) is 11.3. The maximum Gasteiger partial charge on any atom is 0.410 e. The van der Waals surface area contributed by atoms with Crippen LogP contribution >= 0.6 is 0 Å². The Hall–Kier alpha value is -1.75. The van der Waals surface area contributed by atoms with Crippen molar-refractivity contribution in [3.8, 4) is 5.75 Å². The summed E-state index contributed by atoms with van der Waals surface area (Å²) in [5.74, 6) is 0.983. The first-order valence-corrected chi connectivity index (χ1v) is 8.76. The highest BCUT2D eigenvalue weighted by Gasteiger charge is 2.28. The molecule has 2 heterocycles. The maximum absolute atomic E-state index is 12.3. The number of amides is 1. The summed E-state index contributed by atoms with van der Waals surface area (Å²) < 4.78 is 11.7. The lowest BCUT2D eigenvalue weighted by molar-refractivity contribution is 0.0222. The van der Waals surface area contributed by atoms with Crippen molar-refractivity contribution in [2.75, 3.05) is 26.7 Å². The predicted octanol–water partition coefficient (Wildman–Crippen LogP) is 3.06. The summed E-state index contributed by atoms with van der Waals surface area (Å²) in [5.41, 5.74) is 1.94. The average molecular weight is 332 g/mol. The molecule has 2 aliphatic heterocycles. The zero-order valence-corrected chi connectivity index (χ0v) is 15.2. The summed E-state index contributed by atoms with van der Waals surface area (Å²) in [5, 5.41) is 0. The number of hydrogen-bond donors (Lipinski definition) is 0. The number of rotatable bonds is 2. The molecule has 1 aromatic carbocycles. The van der Waals surface area contributed by atoms with Crippen molar-refractivity contribution in [2.24, 2.45) is 0 Å². The van der Waals surface area contributed by atoms with Crippen molar-refractivity contribution < 1.29 is 14.3 Å². The number of likely N-dealkylation sites (tertiary alicyclic amines) is 1. The van der Waals surface area contributed by atoms with Gasteiger partial charge in [-0.3, -0.25) is 0 Å². The topological polar surface area (TPSA) is 42.0 Å².